The molecule has 0 bridgehead atoms. The highest BCUT2D eigenvalue weighted by molar-refractivity contribution is 5.94. The van der Waals surface area contributed by atoms with Crippen LogP contribution in [0.25, 0.3) is 0 Å². The van der Waals surface area contributed by atoms with Gasteiger partial charge in [-0.3, -0.25) is 14.4 Å². The minimum atomic E-state index is -0.430. The van der Waals surface area contributed by atoms with E-state index in [9.17, 15) is 14.4 Å². The molecule has 154 valence electrons. The molecule has 29 heavy (non-hydrogen) atoms. The van der Waals surface area contributed by atoms with Gasteiger partial charge in [-0.05, 0) is 36.5 Å². The third-order valence-corrected chi connectivity index (χ3v) is 5.60. The van der Waals surface area contributed by atoms with Crippen molar-refractivity contribution in [2.45, 2.75) is 51.1 Å². The SMILES string of the molecule is C[C@H](CN(C)C(=O)Cn1cccc(C(=O)NC2CCCC2)c1=O)c1ccccc1. The molecular formula is C23H29N3O3. The summed E-state index contributed by atoms with van der Waals surface area (Å²) >= 11 is 0. The van der Waals surface area contributed by atoms with Gasteiger partial charge in [-0.1, -0.05) is 50.1 Å². The van der Waals surface area contributed by atoms with Crippen LogP contribution in [0.4, 0.5) is 0 Å². The Morgan fingerprint density at radius 1 is 1.14 bits per heavy atom. The quantitative estimate of drug-likeness (QED) is 0.784. The lowest BCUT2D eigenvalue weighted by atomic mass is 10.0. The molecule has 6 heteroatoms. The van der Waals surface area contributed by atoms with Crippen LogP contribution in [0.5, 0.6) is 0 Å². The molecule has 1 aromatic heterocycles. The molecule has 1 saturated carbocycles. The third-order valence-electron chi connectivity index (χ3n) is 5.60. The standard InChI is InChI=1S/C23H29N3O3/c1-17(18-9-4-3-5-10-18)15-25(2)21(27)16-26-14-8-13-20(23(26)29)22(28)24-19-11-6-7-12-19/h3-5,8-10,13-14,17,19H,6-7,11-12,15-16H2,1-2H3,(H,24,28)/t17-/m1/s1. The molecule has 3 rings (SSSR count). The summed E-state index contributed by atoms with van der Waals surface area (Å²) in [6.45, 7) is 2.54. The number of pyridine rings is 1. The first-order valence-corrected chi connectivity index (χ1v) is 10.2. The van der Waals surface area contributed by atoms with Gasteiger partial charge in [-0.15, -0.1) is 0 Å². The van der Waals surface area contributed by atoms with Crippen LogP contribution in [0.15, 0.2) is 53.5 Å². The van der Waals surface area contributed by atoms with E-state index in [1.165, 1.54) is 10.6 Å². The number of carbonyl (C=O) groups is 2. The molecule has 0 unspecified atom stereocenters. The van der Waals surface area contributed by atoms with E-state index in [-0.39, 0.29) is 35.9 Å². The lowest BCUT2D eigenvalue weighted by Crippen LogP contribution is -2.40. The van der Waals surface area contributed by atoms with Crippen molar-refractivity contribution in [2.24, 2.45) is 0 Å². The van der Waals surface area contributed by atoms with E-state index in [2.05, 4.69) is 12.2 Å². The van der Waals surface area contributed by atoms with Crippen LogP contribution in [-0.4, -0.2) is 40.9 Å². The number of amides is 2. The zero-order chi connectivity index (χ0) is 20.8. The van der Waals surface area contributed by atoms with Crippen LogP contribution >= 0.6 is 0 Å². The summed E-state index contributed by atoms with van der Waals surface area (Å²) in [6.07, 6.45) is 5.67. The van der Waals surface area contributed by atoms with Gasteiger partial charge in [0.05, 0.1) is 0 Å². The molecule has 1 aliphatic carbocycles. The van der Waals surface area contributed by atoms with E-state index < -0.39 is 5.56 Å². The summed E-state index contributed by atoms with van der Waals surface area (Å²) in [5.41, 5.74) is 0.822. The lowest BCUT2D eigenvalue weighted by Gasteiger charge is -2.22. The lowest BCUT2D eigenvalue weighted by molar-refractivity contribution is -0.130. The highest BCUT2D eigenvalue weighted by atomic mass is 16.2. The Morgan fingerprint density at radius 3 is 2.52 bits per heavy atom. The smallest absolute Gasteiger partial charge is 0.263 e. The Bertz CT molecular complexity index is 901. The second kappa shape index (κ2) is 9.54. The molecule has 0 aliphatic heterocycles. The largest absolute Gasteiger partial charge is 0.349 e. The minimum absolute atomic E-state index is 0.0820. The van der Waals surface area contributed by atoms with E-state index >= 15 is 0 Å². The van der Waals surface area contributed by atoms with Gasteiger partial charge < -0.3 is 14.8 Å². The summed E-state index contributed by atoms with van der Waals surface area (Å²) in [6, 6.07) is 13.3. The van der Waals surface area contributed by atoms with E-state index in [0.29, 0.717) is 6.54 Å². The number of likely N-dealkylation sites (N-methyl/N-ethyl adjacent to an activating group) is 1. The number of nitrogens with zero attached hydrogens (tertiary/aromatic N) is 2. The number of carbonyl (C=O) groups excluding carboxylic acids is 2. The molecule has 0 radical (unpaired) electrons. The van der Waals surface area contributed by atoms with Crippen molar-refractivity contribution in [1.29, 1.82) is 0 Å². The van der Waals surface area contributed by atoms with Gasteiger partial charge in [-0.2, -0.15) is 0 Å². The van der Waals surface area contributed by atoms with Gasteiger partial charge in [0.15, 0.2) is 0 Å². The summed E-state index contributed by atoms with van der Waals surface area (Å²) in [5, 5.41) is 2.94. The van der Waals surface area contributed by atoms with Crippen molar-refractivity contribution < 1.29 is 9.59 Å². The predicted octanol–water partition coefficient (Wildman–Crippen LogP) is 2.78. The monoisotopic (exact) mass is 395 g/mol. The second-order valence-electron chi connectivity index (χ2n) is 7.90. The maximum Gasteiger partial charge on any atom is 0.263 e. The van der Waals surface area contributed by atoms with Crippen LogP contribution in [0.1, 0.15) is 54.4 Å². The van der Waals surface area contributed by atoms with Crippen LogP contribution in [0, 0.1) is 0 Å². The zero-order valence-electron chi connectivity index (χ0n) is 17.1. The van der Waals surface area contributed by atoms with Crippen LogP contribution in [0.2, 0.25) is 0 Å². The Kier molecular flexibility index (Phi) is 6.86. The second-order valence-corrected chi connectivity index (χ2v) is 7.90. The number of benzene rings is 1. The molecule has 1 aromatic carbocycles. The van der Waals surface area contributed by atoms with E-state index in [4.69, 9.17) is 0 Å². The van der Waals surface area contributed by atoms with Gasteiger partial charge >= 0.3 is 0 Å². The van der Waals surface area contributed by atoms with Crippen molar-refractivity contribution in [3.8, 4) is 0 Å². The highest BCUT2D eigenvalue weighted by Crippen LogP contribution is 2.18. The van der Waals surface area contributed by atoms with Gasteiger partial charge in [0, 0.05) is 25.8 Å². The van der Waals surface area contributed by atoms with Crippen LogP contribution < -0.4 is 10.9 Å². The van der Waals surface area contributed by atoms with Crippen LogP contribution in [-0.2, 0) is 11.3 Å². The molecule has 1 atom stereocenters. The third kappa shape index (κ3) is 5.34. The van der Waals surface area contributed by atoms with Gasteiger partial charge in [0.25, 0.3) is 11.5 Å². The average molecular weight is 396 g/mol. The molecule has 1 aliphatic rings. The molecule has 1 fully saturated rings. The summed E-state index contributed by atoms with van der Waals surface area (Å²) in [5.74, 6) is -0.330. The fraction of sp³-hybridized carbons (Fsp3) is 0.435. The Balaban J connectivity index is 1.63. The average Bonchev–Trinajstić information content (AvgIpc) is 3.23. The Hall–Kier alpha value is -2.89. The zero-order valence-corrected chi connectivity index (χ0v) is 17.1. The van der Waals surface area contributed by atoms with Gasteiger partial charge in [-0.25, -0.2) is 0 Å². The molecule has 0 spiro atoms. The topological polar surface area (TPSA) is 71.4 Å². The molecule has 1 N–H and O–H groups in total. The molecule has 2 aromatic rings. The van der Waals surface area contributed by atoms with Gasteiger partial charge in [0.2, 0.25) is 5.91 Å². The maximum atomic E-state index is 12.7. The van der Waals surface area contributed by atoms with Gasteiger partial charge in [0.1, 0.15) is 12.1 Å². The highest BCUT2D eigenvalue weighted by Gasteiger charge is 2.21. The molecule has 2 amide bonds. The first-order valence-electron chi connectivity index (χ1n) is 10.2. The summed E-state index contributed by atoms with van der Waals surface area (Å²) < 4.78 is 1.32. The normalized spacial score (nSPS) is 15.1. The number of nitrogens with one attached hydrogen (secondary N) is 1. The van der Waals surface area contributed by atoms with Crippen molar-refractivity contribution in [3.63, 3.8) is 0 Å². The Morgan fingerprint density at radius 2 is 1.83 bits per heavy atom. The first kappa shape index (κ1) is 20.8. The van der Waals surface area contributed by atoms with Crippen molar-refractivity contribution in [2.75, 3.05) is 13.6 Å². The van der Waals surface area contributed by atoms with Crippen molar-refractivity contribution in [3.05, 3.63) is 70.1 Å². The maximum absolute atomic E-state index is 12.7. The molecule has 6 nitrogen and oxygen atoms in total. The van der Waals surface area contributed by atoms with Crippen molar-refractivity contribution >= 4 is 11.8 Å². The molecule has 0 saturated heterocycles. The van der Waals surface area contributed by atoms with E-state index in [0.717, 1.165) is 31.2 Å². The summed E-state index contributed by atoms with van der Waals surface area (Å²) in [4.78, 5) is 39.5. The Labute approximate surface area is 171 Å². The molecule has 1 heterocycles. The van der Waals surface area contributed by atoms with E-state index in [1.54, 1.807) is 24.2 Å². The molecular weight excluding hydrogens is 366 g/mol. The first-order chi connectivity index (χ1) is 14.0. The number of aromatic nitrogens is 1. The van der Waals surface area contributed by atoms with Crippen LogP contribution in [0.3, 0.4) is 0 Å². The van der Waals surface area contributed by atoms with E-state index in [1.807, 2.05) is 30.3 Å². The number of hydrogen-bond donors (Lipinski definition) is 1. The fourth-order valence-corrected chi connectivity index (χ4v) is 3.83. The minimum Gasteiger partial charge on any atom is -0.349 e. The predicted molar refractivity (Wildman–Crippen MR) is 113 cm³/mol. The fourth-order valence-electron chi connectivity index (χ4n) is 3.83. The number of rotatable bonds is 7. The number of hydrogen-bond acceptors (Lipinski definition) is 3. The van der Waals surface area contributed by atoms with Crippen molar-refractivity contribution in [1.82, 2.24) is 14.8 Å². The summed E-state index contributed by atoms with van der Waals surface area (Å²) in [7, 11) is 1.74.